The van der Waals surface area contributed by atoms with E-state index >= 15 is 0 Å². The minimum atomic E-state index is -0.502. The minimum absolute atomic E-state index is 0.0433. The number of carbonyl (C=O) groups is 1. The molecule has 8 heteroatoms. The normalized spacial score (nSPS) is 14.7. The van der Waals surface area contributed by atoms with Crippen molar-refractivity contribution in [3.8, 4) is 11.3 Å². The molecule has 1 saturated heterocycles. The lowest BCUT2D eigenvalue weighted by atomic mass is 10.0. The summed E-state index contributed by atoms with van der Waals surface area (Å²) in [6, 6.07) is 9.18. The van der Waals surface area contributed by atoms with Crippen LogP contribution in [0.15, 0.2) is 46.9 Å². The first-order valence-electron chi connectivity index (χ1n) is 11.4. The van der Waals surface area contributed by atoms with Gasteiger partial charge in [0.2, 0.25) is 0 Å². The SMILES string of the molecule is CC(C)n1nc(-c2c(C=C3CCN(C(=O)OC(C)(C)C)CC3)nn3ccccc23)ccc1=O. The molecule has 1 amide bonds. The van der Waals surface area contributed by atoms with E-state index < -0.39 is 5.60 Å². The number of fused-ring (bicyclic) bond motifs is 1. The van der Waals surface area contributed by atoms with Gasteiger partial charge < -0.3 is 9.64 Å². The van der Waals surface area contributed by atoms with E-state index in [0.29, 0.717) is 18.8 Å². The second kappa shape index (κ2) is 8.84. The molecule has 1 aliphatic heterocycles. The fourth-order valence-electron chi connectivity index (χ4n) is 3.95. The first kappa shape index (κ1) is 22.8. The number of carbonyl (C=O) groups excluding carboxylic acids is 1. The number of hydrogen-bond acceptors (Lipinski definition) is 5. The number of ether oxygens (including phenoxy) is 1. The van der Waals surface area contributed by atoms with Gasteiger partial charge in [-0.05, 0) is 71.7 Å². The van der Waals surface area contributed by atoms with E-state index in [1.54, 1.807) is 17.0 Å². The molecule has 3 aromatic heterocycles. The predicted molar refractivity (Wildman–Crippen MR) is 128 cm³/mol. The molecule has 1 aliphatic rings. The average Bonchev–Trinajstić information content (AvgIpc) is 3.11. The highest BCUT2D eigenvalue weighted by molar-refractivity contribution is 5.85. The lowest BCUT2D eigenvalue weighted by Gasteiger charge is -2.31. The average molecular weight is 450 g/mol. The number of nitrogens with zero attached hydrogens (tertiary/aromatic N) is 5. The van der Waals surface area contributed by atoms with Crippen LogP contribution in [0.25, 0.3) is 22.9 Å². The summed E-state index contributed by atoms with van der Waals surface area (Å²) in [5, 5.41) is 9.43. The van der Waals surface area contributed by atoms with Gasteiger partial charge in [0.05, 0.1) is 28.5 Å². The zero-order valence-corrected chi connectivity index (χ0v) is 19.9. The summed E-state index contributed by atoms with van der Waals surface area (Å²) in [5.74, 6) is 0. The summed E-state index contributed by atoms with van der Waals surface area (Å²) in [7, 11) is 0. The Morgan fingerprint density at radius 2 is 1.82 bits per heavy atom. The van der Waals surface area contributed by atoms with Gasteiger partial charge in [-0.25, -0.2) is 14.0 Å². The maximum absolute atomic E-state index is 12.4. The molecule has 0 aromatic carbocycles. The molecule has 0 saturated carbocycles. The fraction of sp³-hybridized carbons (Fsp3) is 0.440. The van der Waals surface area contributed by atoms with Crippen LogP contribution < -0.4 is 5.56 Å². The summed E-state index contributed by atoms with van der Waals surface area (Å²) in [6.07, 6.45) is 5.25. The first-order valence-corrected chi connectivity index (χ1v) is 11.4. The van der Waals surface area contributed by atoms with E-state index in [-0.39, 0.29) is 17.7 Å². The van der Waals surface area contributed by atoms with Crippen molar-refractivity contribution in [1.29, 1.82) is 0 Å². The van der Waals surface area contributed by atoms with Crippen molar-refractivity contribution in [2.24, 2.45) is 0 Å². The van der Waals surface area contributed by atoms with Gasteiger partial charge in [-0.1, -0.05) is 11.6 Å². The topological polar surface area (TPSA) is 81.7 Å². The van der Waals surface area contributed by atoms with Gasteiger partial charge in [0.25, 0.3) is 5.56 Å². The highest BCUT2D eigenvalue weighted by atomic mass is 16.6. The number of aromatic nitrogens is 4. The molecule has 0 bridgehead atoms. The highest BCUT2D eigenvalue weighted by Crippen LogP contribution is 2.30. The van der Waals surface area contributed by atoms with E-state index in [0.717, 1.165) is 29.6 Å². The van der Waals surface area contributed by atoms with Crippen LogP contribution >= 0.6 is 0 Å². The summed E-state index contributed by atoms with van der Waals surface area (Å²) < 4.78 is 8.84. The Labute approximate surface area is 193 Å². The highest BCUT2D eigenvalue weighted by Gasteiger charge is 2.25. The molecule has 0 atom stereocenters. The van der Waals surface area contributed by atoms with E-state index in [4.69, 9.17) is 9.84 Å². The van der Waals surface area contributed by atoms with Crippen LogP contribution in [0.1, 0.15) is 59.2 Å². The van der Waals surface area contributed by atoms with Gasteiger partial charge in [0.15, 0.2) is 0 Å². The molecule has 8 nitrogen and oxygen atoms in total. The Balaban J connectivity index is 1.66. The van der Waals surface area contributed by atoms with Crippen LogP contribution in [-0.4, -0.2) is 49.1 Å². The number of likely N-dealkylation sites (tertiary alicyclic amines) is 1. The van der Waals surface area contributed by atoms with Crippen molar-refractivity contribution in [2.45, 2.75) is 59.1 Å². The van der Waals surface area contributed by atoms with E-state index in [9.17, 15) is 9.59 Å². The van der Waals surface area contributed by atoms with Crippen molar-refractivity contribution in [3.05, 3.63) is 58.1 Å². The number of amides is 1. The first-order chi connectivity index (χ1) is 15.6. The second-order valence-corrected chi connectivity index (χ2v) is 9.66. The zero-order valence-electron chi connectivity index (χ0n) is 19.9. The quantitative estimate of drug-likeness (QED) is 0.586. The Morgan fingerprint density at radius 3 is 2.48 bits per heavy atom. The molecule has 3 aromatic rings. The van der Waals surface area contributed by atoms with Gasteiger partial charge in [-0.15, -0.1) is 0 Å². The van der Waals surface area contributed by atoms with E-state index in [1.807, 2.05) is 63.5 Å². The third-order valence-electron chi connectivity index (χ3n) is 5.54. The molecule has 0 N–H and O–H groups in total. The van der Waals surface area contributed by atoms with Crippen LogP contribution in [-0.2, 0) is 4.74 Å². The largest absolute Gasteiger partial charge is 0.444 e. The van der Waals surface area contributed by atoms with Crippen LogP contribution in [0, 0.1) is 0 Å². The molecule has 4 rings (SSSR count). The minimum Gasteiger partial charge on any atom is -0.444 e. The molecule has 0 unspecified atom stereocenters. The van der Waals surface area contributed by atoms with Gasteiger partial charge in [0, 0.05) is 25.4 Å². The van der Waals surface area contributed by atoms with Crippen LogP contribution in [0.5, 0.6) is 0 Å². The smallest absolute Gasteiger partial charge is 0.410 e. The Kier molecular flexibility index (Phi) is 6.10. The monoisotopic (exact) mass is 449 g/mol. The second-order valence-electron chi connectivity index (χ2n) is 9.66. The lowest BCUT2D eigenvalue weighted by Crippen LogP contribution is -2.40. The molecular formula is C25H31N5O3. The van der Waals surface area contributed by atoms with Crippen molar-refractivity contribution in [1.82, 2.24) is 24.3 Å². The van der Waals surface area contributed by atoms with Crippen molar-refractivity contribution < 1.29 is 9.53 Å². The third-order valence-corrected chi connectivity index (χ3v) is 5.54. The molecule has 174 valence electrons. The number of pyridine rings is 1. The van der Waals surface area contributed by atoms with Crippen molar-refractivity contribution in [3.63, 3.8) is 0 Å². The Bertz CT molecular complexity index is 1250. The molecular weight excluding hydrogens is 418 g/mol. The van der Waals surface area contributed by atoms with Crippen molar-refractivity contribution in [2.75, 3.05) is 13.1 Å². The Morgan fingerprint density at radius 1 is 1.09 bits per heavy atom. The standard InChI is InChI=1S/C25H31N5O3/c1-17(2)30-22(31)10-9-19(27-30)23-20(26-29-13-7-6-8-21(23)29)16-18-11-14-28(15-12-18)24(32)33-25(3,4)5/h6-10,13,16-17H,11-12,14-15H2,1-5H3. The van der Waals surface area contributed by atoms with Gasteiger partial charge in [-0.2, -0.15) is 10.2 Å². The maximum Gasteiger partial charge on any atom is 0.410 e. The summed E-state index contributed by atoms with van der Waals surface area (Å²) in [6.45, 7) is 10.7. The summed E-state index contributed by atoms with van der Waals surface area (Å²) >= 11 is 0. The van der Waals surface area contributed by atoms with E-state index in [2.05, 4.69) is 11.2 Å². The maximum atomic E-state index is 12.4. The van der Waals surface area contributed by atoms with Gasteiger partial charge in [-0.3, -0.25) is 4.79 Å². The van der Waals surface area contributed by atoms with Crippen LogP contribution in [0.4, 0.5) is 4.79 Å². The zero-order chi connectivity index (χ0) is 23.8. The Hall–Kier alpha value is -3.42. The van der Waals surface area contributed by atoms with Crippen LogP contribution in [0.2, 0.25) is 0 Å². The lowest BCUT2D eigenvalue weighted by molar-refractivity contribution is 0.0237. The third kappa shape index (κ3) is 4.99. The van der Waals surface area contributed by atoms with Gasteiger partial charge >= 0.3 is 6.09 Å². The fourth-order valence-corrected chi connectivity index (χ4v) is 3.95. The number of rotatable bonds is 3. The van der Waals surface area contributed by atoms with Gasteiger partial charge in [0.1, 0.15) is 5.60 Å². The van der Waals surface area contributed by atoms with Crippen molar-refractivity contribution >= 4 is 17.7 Å². The molecule has 4 heterocycles. The summed E-state index contributed by atoms with van der Waals surface area (Å²) in [5.41, 5.74) is 3.93. The number of piperidine rings is 1. The molecule has 0 radical (unpaired) electrons. The number of hydrogen-bond donors (Lipinski definition) is 0. The van der Waals surface area contributed by atoms with Crippen LogP contribution in [0.3, 0.4) is 0 Å². The predicted octanol–water partition coefficient (Wildman–Crippen LogP) is 4.55. The molecule has 0 spiro atoms. The molecule has 33 heavy (non-hydrogen) atoms. The summed E-state index contributed by atoms with van der Waals surface area (Å²) in [4.78, 5) is 26.4. The molecule has 0 aliphatic carbocycles. The molecule has 1 fully saturated rings. The van der Waals surface area contributed by atoms with E-state index in [1.165, 1.54) is 10.3 Å².